The number of hydrogen-bond acceptors (Lipinski definition) is 2. The predicted molar refractivity (Wildman–Crippen MR) is 60.7 cm³/mol. The van der Waals surface area contributed by atoms with E-state index < -0.39 is 6.10 Å². The molecule has 2 N–H and O–H groups in total. The highest BCUT2D eigenvalue weighted by Crippen LogP contribution is 2.09. The van der Waals surface area contributed by atoms with Crippen LogP contribution in [0.4, 0.5) is 5.69 Å². The number of aliphatic hydroxyl groups is 1. The summed E-state index contributed by atoms with van der Waals surface area (Å²) in [4.78, 5) is 11.4. The van der Waals surface area contributed by atoms with Crippen LogP contribution in [0.3, 0.4) is 0 Å². The summed E-state index contributed by atoms with van der Waals surface area (Å²) in [7, 11) is 0. The minimum absolute atomic E-state index is 0.333. The van der Waals surface area contributed by atoms with E-state index >= 15 is 0 Å². The van der Waals surface area contributed by atoms with Gasteiger partial charge in [-0.15, -0.1) is 0 Å². The molecule has 3 nitrogen and oxygen atoms in total. The molecule has 1 amide bonds. The van der Waals surface area contributed by atoms with E-state index in [1.165, 1.54) is 0 Å². The number of rotatable bonds is 4. The SMILES string of the molecule is CCCC(O)C(=O)Nc1ccc(C)cc1. The van der Waals surface area contributed by atoms with Crippen molar-refractivity contribution >= 4 is 11.6 Å². The van der Waals surface area contributed by atoms with Crippen LogP contribution in [0.5, 0.6) is 0 Å². The summed E-state index contributed by atoms with van der Waals surface area (Å²) in [5.74, 6) is -0.333. The summed E-state index contributed by atoms with van der Waals surface area (Å²) in [5, 5.41) is 12.1. The van der Waals surface area contributed by atoms with Gasteiger partial charge in [0.2, 0.25) is 0 Å². The van der Waals surface area contributed by atoms with Crippen molar-refractivity contribution in [3.63, 3.8) is 0 Å². The second-order valence-corrected chi connectivity index (χ2v) is 3.66. The Kier molecular flexibility index (Phi) is 4.31. The van der Waals surface area contributed by atoms with Crippen LogP contribution in [0, 0.1) is 6.92 Å². The smallest absolute Gasteiger partial charge is 0.253 e. The van der Waals surface area contributed by atoms with Gasteiger partial charge in [-0.05, 0) is 25.5 Å². The fourth-order valence-electron chi connectivity index (χ4n) is 1.27. The van der Waals surface area contributed by atoms with E-state index in [2.05, 4.69) is 5.32 Å². The zero-order valence-electron chi connectivity index (χ0n) is 9.16. The van der Waals surface area contributed by atoms with Crippen molar-refractivity contribution in [3.05, 3.63) is 29.8 Å². The van der Waals surface area contributed by atoms with Crippen LogP contribution in [0.2, 0.25) is 0 Å². The molecule has 82 valence electrons. The average Bonchev–Trinajstić information content (AvgIpc) is 2.22. The first-order valence-corrected chi connectivity index (χ1v) is 5.19. The summed E-state index contributed by atoms with van der Waals surface area (Å²) in [6.45, 7) is 3.92. The number of anilines is 1. The van der Waals surface area contributed by atoms with E-state index in [1.807, 2.05) is 38.1 Å². The monoisotopic (exact) mass is 207 g/mol. The molecule has 0 saturated carbocycles. The summed E-state index contributed by atoms with van der Waals surface area (Å²) in [5.41, 5.74) is 1.86. The molecule has 1 atom stereocenters. The summed E-state index contributed by atoms with van der Waals surface area (Å²) in [6.07, 6.45) is 0.386. The highest BCUT2D eigenvalue weighted by atomic mass is 16.3. The third-order valence-electron chi connectivity index (χ3n) is 2.18. The minimum Gasteiger partial charge on any atom is -0.383 e. The van der Waals surface area contributed by atoms with Crippen molar-refractivity contribution in [2.45, 2.75) is 32.8 Å². The van der Waals surface area contributed by atoms with Gasteiger partial charge in [0.1, 0.15) is 6.10 Å². The lowest BCUT2D eigenvalue weighted by molar-refractivity contribution is -0.124. The minimum atomic E-state index is -0.906. The van der Waals surface area contributed by atoms with E-state index in [9.17, 15) is 9.90 Å². The maximum atomic E-state index is 11.4. The number of aliphatic hydroxyl groups excluding tert-OH is 1. The quantitative estimate of drug-likeness (QED) is 0.794. The Morgan fingerprint density at radius 3 is 2.53 bits per heavy atom. The van der Waals surface area contributed by atoms with Gasteiger partial charge in [0.15, 0.2) is 0 Å². The predicted octanol–water partition coefficient (Wildman–Crippen LogP) is 2.09. The molecule has 1 rings (SSSR count). The highest BCUT2D eigenvalue weighted by molar-refractivity contribution is 5.93. The topological polar surface area (TPSA) is 49.3 Å². The van der Waals surface area contributed by atoms with Gasteiger partial charge >= 0.3 is 0 Å². The van der Waals surface area contributed by atoms with Crippen LogP contribution in [0.1, 0.15) is 25.3 Å². The van der Waals surface area contributed by atoms with Gasteiger partial charge in [-0.3, -0.25) is 4.79 Å². The molecule has 0 radical (unpaired) electrons. The molecule has 0 aliphatic heterocycles. The lowest BCUT2D eigenvalue weighted by atomic mass is 10.2. The van der Waals surface area contributed by atoms with Crippen molar-refractivity contribution in [1.29, 1.82) is 0 Å². The number of aryl methyl sites for hydroxylation is 1. The number of carbonyl (C=O) groups is 1. The van der Waals surface area contributed by atoms with Crippen LogP contribution >= 0.6 is 0 Å². The van der Waals surface area contributed by atoms with Crippen molar-refractivity contribution < 1.29 is 9.90 Å². The van der Waals surface area contributed by atoms with Crippen molar-refractivity contribution in [2.75, 3.05) is 5.32 Å². The number of nitrogens with one attached hydrogen (secondary N) is 1. The molecule has 1 unspecified atom stereocenters. The molecule has 0 heterocycles. The van der Waals surface area contributed by atoms with E-state index in [4.69, 9.17) is 0 Å². The van der Waals surface area contributed by atoms with Gasteiger partial charge in [0.25, 0.3) is 5.91 Å². The standard InChI is InChI=1S/C12H17NO2/c1-3-4-11(14)12(15)13-10-7-5-9(2)6-8-10/h5-8,11,14H,3-4H2,1-2H3,(H,13,15). The Morgan fingerprint density at radius 1 is 1.40 bits per heavy atom. The van der Waals surface area contributed by atoms with Gasteiger partial charge in [-0.2, -0.15) is 0 Å². The fraction of sp³-hybridized carbons (Fsp3) is 0.417. The molecule has 0 fully saturated rings. The molecule has 0 bridgehead atoms. The molecule has 0 aliphatic carbocycles. The van der Waals surface area contributed by atoms with E-state index in [-0.39, 0.29) is 5.91 Å². The van der Waals surface area contributed by atoms with Crippen molar-refractivity contribution in [2.24, 2.45) is 0 Å². The van der Waals surface area contributed by atoms with Gasteiger partial charge in [0, 0.05) is 5.69 Å². The first-order chi connectivity index (χ1) is 7.13. The van der Waals surface area contributed by atoms with Crippen LogP contribution < -0.4 is 5.32 Å². The average molecular weight is 207 g/mol. The molecular formula is C12H17NO2. The highest BCUT2D eigenvalue weighted by Gasteiger charge is 2.13. The number of hydrogen-bond donors (Lipinski definition) is 2. The normalized spacial score (nSPS) is 12.2. The van der Waals surface area contributed by atoms with E-state index in [0.717, 1.165) is 17.7 Å². The molecule has 0 aliphatic rings. The van der Waals surface area contributed by atoms with Gasteiger partial charge in [-0.25, -0.2) is 0 Å². The number of amides is 1. The molecule has 1 aromatic carbocycles. The maximum absolute atomic E-state index is 11.4. The lowest BCUT2D eigenvalue weighted by Crippen LogP contribution is -2.27. The Hall–Kier alpha value is -1.35. The van der Waals surface area contributed by atoms with Gasteiger partial charge < -0.3 is 10.4 Å². The molecule has 0 saturated heterocycles. The number of carbonyl (C=O) groups excluding carboxylic acids is 1. The summed E-state index contributed by atoms with van der Waals surface area (Å²) >= 11 is 0. The molecule has 0 aromatic heterocycles. The first-order valence-electron chi connectivity index (χ1n) is 5.19. The Balaban J connectivity index is 2.54. The summed E-state index contributed by atoms with van der Waals surface area (Å²) < 4.78 is 0. The van der Waals surface area contributed by atoms with E-state index in [0.29, 0.717) is 6.42 Å². The summed E-state index contributed by atoms with van der Waals surface area (Å²) in [6, 6.07) is 7.49. The molecule has 1 aromatic rings. The molecule has 0 spiro atoms. The molecular weight excluding hydrogens is 190 g/mol. The molecule has 3 heteroatoms. The van der Waals surface area contributed by atoms with Crippen LogP contribution in [0.15, 0.2) is 24.3 Å². The van der Waals surface area contributed by atoms with Crippen LogP contribution in [-0.2, 0) is 4.79 Å². The third kappa shape index (κ3) is 3.72. The second kappa shape index (κ2) is 5.51. The maximum Gasteiger partial charge on any atom is 0.253 e. The largest absolute Gasteiger partial charge is 0.383 e. The van der Waals surface area contributed by atoms with Crippen LogP contribution in [-0.4, -0.2) is 17.1 Å². The van der Waals surface area contributed by atoms with Crippen LogP contribution in [0.25, 0.3) is 0 Å². The zero-order chi connectivity index (χ0) is 11.3. The van der Waals surface area contributed by atoms with Crippen molar-refractivity contribution in [3.8, 4) is 0 Å². The molecule has 15 heavy (non-hydrogen) atoms. The van der Waals surface area contributed by atoms with E-state index in [1.54, 1.807) is 0 Å². The first kappa shape index (κ1) is 11.7. The van der Waals surface area contributed by atoms with Gasteiger partial charge in [-0.1, -0.05) is 31.0 Å². The second-order valence-electron chi connectivity index (χ2n) is 3.66. The number of benzene rings is 1. The lowest BCUT2D eigenvalue weighted by Gasteiger charge is -2.10. The Morgan fingerprint density at radius 2 is 2.00 bits per heavy atom. The van der Waals surface area contributed by atoms with Gasteiger partial charge in [0.05, 0.1) is 0 Å². The zero-order valence-corrected chi connectivity index (χ0v) is 9.16. The van der Waals surface area contributed by atoms with Crippen molar-refractivity contribution in [1.82, 2.24) is 0 Å². The Bertz CT molecular complexity index is 319. The Labute approximate surface area is 90.1 Å². The fourth-order valence-corrected chi connectivity index (χ4v) is 1.27. The third-order valence-corrected chi connectivity index (χ3v) is 2.18.